The first-order valence-corrected chi connectivity index (χ1v) is 8.97. The lowest BCUT2D eigenvalue weighted by molar-refractivity contribution is 0.286. The Morgan fingerprint density at radius 1 is 0.692 bits per heavy atom. The van der Waals surface area contributed by atoms with Gasteiger partial charge < -0.3 is 4.74 Å². The lowest BCUT2D eigenvalue weighted by Crippen LogP contribution is -2.01. The van der Waals surface area contributed by atoms with E-state index in [0.29, 0.717) is 12.2 Å². The Labute approximate surface area is 153 Å². The molecule has 0 aliphatic rings. The summed E-state index contributed by atoms with van der Waals surface area (Å²) in [5.41, 5.74) is 2.99. The smallest absolute Gasteiger partial charge is 0.201 e. The Morgan fingerprint density at radius 2 is 1.35 bits per heavy atom. The van der Waals surface area contributed by atoms with Crippen LogP contribution in [-0.4, -0.2) is 6.61 Å². The highest BCUT2D eigenvalue weighted by atomic mass is 19.2. The summed E-state index contributed by atoms with van der Waals surface area (Å²) in [6, 6.07) is 20.4. The second-order valence-electron chi connectivity index (χ2n) is 6.24. The number of benzene rings is 3. The maximum atomic E-state index is 14.5. The van der Waals surface area contributed by atoms with Crippen LogP contribution in [0.3, 0.4) is 0 Å². The summed E-state index contributed by atoms with van der Waals surface area (Å²) in [5.74, 6) is -1.82. The van der Waals surface area contributed by atoms with Crippen LogP contribution in [0, 0.1) is 11.6 Å². The van der Waals surface area contributed by atoms with Gasteiger partial charge in [-0.2, -0.15) is 4.39 Å². The molecule has 0 unspecified atom stereocenters. The van der Waals surface area contributed by atoms with E-state index in [1.54, 1.807) is 6.07 Å². The third-order valence-electron chi connectivity index (χ3n) is 4.36. The van der Waals surface area contributed by atoms with E-state index in [9.17, 15) is 8.78 Å². The normalized spacial score (nSPS) is 10.7. The first-order valence-electron chi connectivity index (χ1n) is 8.97. The van der Waals surface area contributed by atoms with Gasteiger partial charge in [-0.25, -0.2) is 4.39 Å². The van der Waals surface area contributed by atoms with Crippen molar-refractivity contribution in [3.63, 3.8) is 0 Å². The molecule has 0 fully saturated rings. The maximum absolute atomic E-state index is 14.5. The second-order valence-corrected chi connectivity index (χ2v) is 6.24. The van der Waals surface area contributed by atoms with Crippen LogP contribution in [0.5, 0.6) is 5.75 Å². The number of ether oxygens (including phenoxy) is 1. The van der Waals surface area contributed by atoms with E-state index >= 15 is 0 Å². The van der Waals surface area contributed by atoms with Gasteiger partial charge in [-0.3, -0.25) is 0 Å². The summed E-state index contributed by atoms with van der Waals surface area (Å²) in [6.45, 7) is 2.48. The van der Waals surface area contributed by atoms with Crippen molar-refractivity contribution in [3.05, 3.63) is 78.4 Å². The monoisotopic (exact) mass is 352 g/mol. The Balaban J connectivity index is 1.80. The zero-order chi connectivity index (χ0) is 18.4. The average Bonchev–Trinajstić information content (AvgIpc) is 2.69. The predicted molar refractivity (Wildman–Crippen MR) is 102 cm³/mol. The van der Waals surface area contributed by atoms with Crippen LogP contribution < -0.4 is 4.74 Å². The zero-order valence-corrected chi connectivity index (χ0v) is 14.8. The number of hydrogen-bond donors (Lipinski definition) is 0. The average molecular weight is 352 g/mol. The van der Waals surface area contributed by atoms with Gasteiger partial charge in [0.15, 0.2) is 11.6 Å². The molecule has 0 aromatic heterocycles. The Hall–Kier alpha value is -2.68. The molecule has 0 aliphatic carbocycles. The summed E-state index contributed by atoms with van der Waals surface area (Å²) in [7, 11) is 0. The van der Waals surface area contributed by atoms with E-state index in [1.165, 1.54) is 6.07 Å². The van der Waals surface area contributed by atoms with E-state index in [-0.39, 0.29) is 11.3 Å². The number of halogens is 2. The van der Waals surface area contributed by atoms with Gasteiger partial charge in [0.1, 0.15) is 0 Å². The molecule has 0 heterocycles. The molecule has 0 aliphatic heterocycles. The molecule has 134 valence electrons. The van der Waals surface area contributed by atoms with E-state index in [1.807, 2.05) is 54.6 Å². The Kier molecular flexibility index (Phi) is 6.00. The summed E-state index contributed by atoms with van der Waals surface area (Å²) in [4.78, 5) is 0. The van der Waals surface area contributed by atoms with Crippen LogP contribution in [0.1, 0.15) is 26.2 Å². The molecule has 3 aromatic rings. The molecule has 0 bridgehead atoms. The van der Waals surface area contributed by atoms with Gasteiger partial charge >= 0.3 is 0 Å². The minimum Gasteiger partial charge on any atom is -0.490 e. The molecular weight excluding hydrogens is 330 g/mol. The molecule has 0 saturated carbocycles. The van der Waals surface area contributed by atoms with Crippen molar-refractivity contribution < 1.29 is 13.5 Å². The highest BCUT2D eigenvalue weighted by molar-refractivity contribution is 5.71. The zero-order valence-electron chi connectivity index (χ0n) is 14.8. The minimum atomic E-state index is -0.925. The summed E-state index contributed by atoms with van der Waals surface area (Å²) < 4.78 is 34.2. The van der Waals surface area contributed by atoms with Gasteiger partial charge in [-0.05, 0) is 35.2 Å². The van der Waals surface area contributed by atoms with Gasteiger partial charge in [-0.1, -0.05) is 74.4 Å². The second kappa shape index (κ2) is 8.61. The van der Waals surface area contributed by atoms with E-state index in [4.69, 9.17) is 4.74 Å². The van der Waals surface area contributed by atoms with Crippen LogP contribution in [0.4, 0.5) is 8.78 Å². The Morgan fingerprint density at radius 3 is 2.04 bits per heavy atom. The number of hydrogen-bond acceptors (Lipinski definition) is 1. The largest absolute Gasteiger partial charge is 0.490 e. The van der Waals surface area contributed by atoms with E-state index in [0.717, 1.165) is 30.4 Å². The Bertz CT molecular complexity index is 842. The first kappa shape index (κ1) is 18.1. The van der Waals surface area contributed by atoms with Crippen molar-refractivity contribution in [2.24, 2.45) is 0 Å². The van der Waals surface area contributed by atoms with E-state index < -0.39 is 11.6 Å². The predicted octanol–water partition coefficient (Wildman–Crippen LogP) is 6.87. The lowest BCUT2D eigenvalue weighted by Gasteiger charge is -2.11. The highest BCUT2D eigenvalue weighted by Gasteiger charge is 2.15. The summed E-state index contributed by atoms with van der Waals surface area (Å²) >= 11 is 0. The van der Waals surface area contributed by atoms with Crippen molar-refractivity contribution in [2.75, 3.05) is 6.61 Å². The maximum Gasteiger partial charge on any atom is 0.201 e. The van der Waals surface area contributed by atoms with Crippen molar-refractivity contribution in [1.29, 1.82) is 0 Å². The molecule has 3 heteroatoms. The van der Waals surface area contributed by atoms with Gasteiger partial charge in [-0.15, -0.1) is 0 Å². The van der Waals surface area contributed by atoms with Crippen molar-refractivity contribution in [2.45, 2.75) is 26.2 Å². The molecular formula is C23H22F2O. The number of rotatable bonds is 7. The third kappa shape index (κ3) is 4.10. The van der Waals surface area contributed by atoms with Crippen LogP contribution in [0.25, 0.3) is 22.3 Å². The molecule has 1 nitrogen and oxygen atoms in total. The number of unbranched alkanes of at least 4 members (excludes halogenated alkanes) is 2. The summed E-state index contributed by atoms with van der Waals surface area (Å²) in [6.07, 6.45) is 2.90. The van der Waals surface area contributed by atoms with Gasteiger partial charge in [0.25, 0.3) is 0 Å². The topological polar surface area (TPSA) is 9.23 Å². The molecule has 3 aromatic carbocycles. The molecule has 0 radical (unpaired) electrons. The van der Waals surface area contributed by atoms with Crippen LogP contribution >= 0.6 is 0 Å². The molecule has 26 heavy (non-hydrogen) atoms. The SMILES string of the molecule is CCCCCOc1ccc(-c2ccc(-c3ccccc3)cc2)c(F)c1F. The molecule has 0 atom stereocenters. The van der Waals surface area contributed by atoms with Crippen LogP contribution in [0.15, 0.2) is 66.7 Å². The molecule has 3 rings (SSSR count). The van der Waals surface area contributed by atoms with Crippen LogP contribution in [0.2, 0.25) is 0 Å². The fourth-order valence-corrected chi connectivity index (χ4v) is 2.87. The van der Waals surface area contributed by atoms with E-state index in [2.05, 4.69) is 6.92 Å². The molecule has 0 N–H and O–H groups in total. The minimum absolute atomic E-state index is 0.0248. The van der Waals surface area contributed by atoms with Crippen molar-refractivity contribution in [1.82, 2.24) is 0 Å². The fraction of sp³-hybridized carbons (Fsp3) is 0.217. The van der Waals surface area contributed by atoms with Crippen LogP contribution in [-0.2, 0) is 0 Å². The fourth-order valence-electron chi connectivity index (χ4n) is 2.87. The lowest BCUT2D eigenvalue weighted by atomic mass is 10.00. The molecule has 0 amide bonds. The quantitative estimate of drug-likeness (QED) is 0.422. The molecule has 0 spiro atoms. The first-order chi connectivity index (χ1) is 12.7. The van der Waals surface area contributed by atoms with Crippen molar-refractivity contribution in [3.8, 4) is 28.0 Å². The third-order valence-corrected chi connectivity index (χ3v) is 4.36. The van der Waals surface area contributed by atoms with Gasteiger partial charge in [0.2, 0.25) is 5.82 Å². The summed E-state index contributed by atoms with van der Waals surface area (Å²) in [5, 5.41) is 0. The standard InChI is InChI=1S/C23H22F2O/c1-2-3-7-16-26-21-15-14-20(22(24)23(21)25)19-12-10-18(11-13-19)17-8-5-4-6-9-17/h4-6,8-15H,2-3,7,16H2,1H3. The van der Waals surface area contributed by atoms with Gasteiger partial charge in [0, 0.05) is 5.56 Å². The highest BCUT2D eigenvalue weighted by Crippen LogP contribution is 2.31. The van der Waals surface area contributed by atoms with Gasteiger partial charge in [0.05, 0.1) is 6.61 Å². The molecule has 0 saturated heterocycles. The van der Waals surface area contributed by atoms with Crippen molar-refractivity contribution >= 4 is 0 Å².